The van der Waals surface area contributed by atoms with Gasteiger partial charge in [0.1, 0.15) is 16.5 Å². The van der Waals surface area contributed by atoms with Crippen molar-refractivity contribution in [3.05, 3.63) is 30.0 Å². The number of pyridine rings is 1. The molecule has 10 heteroatoms. The normalized spacial score (nSPS) is 21.4. The summed E-state index contributed by atoms with van der Waals surface area (Å²) in [6.45, 7) is 5.32. The lowest BCUT2D eigenvalue weighted by atomic mass is 10.1. The van der Waals surface area contributed by atoms with Gasteiger partial charge in [-0.1, -0.05) is 6.92 Å². The van der Waals surface area contributed by atoms with Gasteiger partial charge >= 0.3 is 0 Å². The van der Waals surface area contributed by atoms with Gasteiger partial charge in [0, 0.05) is 51.3 Å². The van der Waals surface area contributed by atoms with Crippen molar-refractivity contribution in [3.8, 4) is 0 Å². The van der Waals surface area contributed by atoms with E-state index in [0.717, 1.165) is 50.5 Å². The summed E-state index contributed by atoms with van der Waals surface area (Å²) in [5.74, 6) is 2.60. The first-order chi connectivity index (χ1) is 13.5. The summed E-state index contributed by atoms with van der Waals surface area (Å²) in [4.78, 5) is 11.3. The van der Waals surface area contributed by atoms with Crippen LogP contribution >= 0.6 is 0 Å². The smallest absolute Gasteiger partial charge is 0.244 e. The van der Waals surface area contributed by atoms with Gasteiger partial charge < -0.3 is 10.2 Å². The van der Waals surface area contributed by atoms with Crippen LogP contribution < -0.4 is 5.32 Å². The number of nitrogens with one attached hydrogen (secondary N) is 1. The van der Waals surface area contributed by atoms with Crippen LogP contribution in [0.3, 0.4) is 0 Å². The number of aromatic nitrogens is 4. The molecule has 1 atom stereocenters. The van der Waals surface area contributed by atoms with Gasteiger partial charge in [-0.15, -0.1) is 0 Å². The first-order valence-corrected chi connectivity index (χ1v) is 11.2. The molecule has 2 aromatic rings. The van der Waals surface area contributed by atoms with Crippen molar-refractivity contribution in [1.82, 2.24) is 29.0 Å². The number of nitrogens with zero attached hydrogens (tertiary/aromatic N) is 6. The standard InChI is InChI=1S/C18H27N7O2S/c1-3-16-21-18-7-4-14(13-25(18)22-16)20-17-6-5-15(12-19-17)28(26,27)24-10-8-23(2)9-11-24/h5-6,12,14H,3-4,7-11,13H2,1-2H3,(H,19,20). The summed E-state index contributed by atoms with van der Waals surface area (Å²) in [6.07, 6.45) is 4.11. The molecule has 0 aromatic carbocycles. The van der Waals surface area contributed by atoms with E-state index in [4.69, 9.17) is 0 Å². The first-order valence-electron chi connectivity index (χ1n) is 9.79. The van der Waals surface area contributed by atoms with E-state index in [1.54, 1.807) is 12.1 Å². The number of fused-ring (bicyclic) bond motifs is 1. The summed E-state index contributed by atoms with van der Waals surface area (Å²) in [5, 5.41) is 7.92. The van der Waals surface area contributed by atoms with Crippen molar-refractivity contribution in [2.75, 3.05) is 38.5 Å². The number of anilines is 1. The van der Waals surface area contributed by atoms with E-state index < -0.39 is 10.0 Å². The third-order valence-corrected chi connectivity index (χ3v) is 7.29. The lowest BCUT2D eigenvalue weighted by Crippen LogP contribution is -2.47. The highest BCUT2D eigenvalue weighted by atomic mass is 32.2. The summed E-state index contributed by atoms with van der Waals surface area (Å²) in [7, 11) is -1.48. The van der Waals surface area contributed by atoms with Crippen LogP contribution in [-0.2, 0) is 29.4 Å². The SMILES string of the molecule is CCc1nc2n(n1)CC(Nc1ccc(S(=O)(=O)N3CCN(C)CC3)cn1)CC2. The molecule has 4 rings (SSSR count). The number of likely N-dealkylation sites (N-methyl/N-ethyl adjacent to an activating group) is 1. The second-order valence-electron chi connectivity index (χ2n) is 7.45. The maximum atomic E-state index is 12.8. The molecule has 28 heavy (non-hydrogen) atoms. The minimum atomic E-state index is -3.48. The average molecular weight is 406 g/mol. The summed E-state index contributed by atoms with van der Waals surface area (Å²) >= 11 is 0. The number of piperazine rings is 1. The van der Waals surface area contributed by atoms with Crippen molar-refractivity contribution in [3.63, 3.8) is 0 Å². The molecule has 0 amide bonds. The fourth-order valence-electron chi connectivity index (χ4n) is 3.63. The molecule has 2 aliphatic rings. The van der Waals surface area contributed by atoms with Crippen LogP contribution in [0.2, 0.25) is 0 Å². The van der Waals surface area contributed by atoms with Crippen LogP contribution in [0.15, 0.2) is 23.2 Å². The van der Waals surface area contributed by atoms with Crippen molar-refractivity contribution in [2.45, 2.75) is 43.7 Å². The molecule has 0 radical (unpaired) electrons. The Kier molecular flexibility index (Phi) is 5.35. The Labute approximate surface area is 165 Å². The quantitative estimate of drug-likeness (QED) is 0.778. The predicted octanol–water partition coefficient (Wildman–Crippen LogP) is 0.599. The minimum absolute atomic E-state index is 0.200. The fourth-order valence-corrected chi connectivity index (χ4v) is 5.00. The van der Waals surface area contributed by atoms with E-state index >= 15 is 0 Å². The van der Waals surface area contributed by atoms with E-state index in [2.05, 4.69) is 32.2 Å². The van der Waals surface area contributed by atoms with E-state index in [1.807, 2.05) is 11.7 Å². The fraction of sp³-hybridized carbons (Fsp3) is 0.611. The molecular weight excluding hydrogens is 378 g/mol. The molecule has 152 valence electrons. The number of aryl methyl sites for hydroxylation is 2. The van der Waals surface area contributed by atoms with Gasteiger partial charge in [-0.25, -0.2) is 23.1 Å². The highest BCUT2D eigenvalue weighted by molar-refractivity contribution is 7.89. The van der Waals surface area contributed by atoms with Gasteiger partial charge in [-0.05, 0) is 25.6 Å². The van der Waals surface area contributed by atoms with Crippen LogP contribution in [0.4, 0.5) is 5.82 Å². The second-order valence-corrected chi connectivity index (χ2v) is 9.38. The Bertz CT molecular complexity index is 918. The monoisotopic (exact) mass is 405 g/mol. The van der Waals surface area contributed by atoms with E-state index in [-0.39, 0.29) is 10.9 Å². The third-order valence-electron chi connectivity index (χ3n) is 5.41. The Balaban J connectivity index is 1.41. The summed E-state index contributed by atoms with van der Waals surface area (Å²) in [6, 6.07) is 3.59. The molecule has 4 heterocycles. The molecular formula is C18H27N7O2S. The Morgan fingerprint density at radius 3 is 2.68 bits per heavy atom. The molecule has 2 aromatic heterocycles. The number of hydrogen-bond acceptors (Lipinski definition) is 7. The topological polar surface area (TPSA) is 96.2 Å². The maximum absolute atomic E-state index is 12.8. The molecule has 1 fully saturated rings. The van der Waals surface area contributed by atoms with Crippen LogP contribution in [0.25, 0.3) is 0 Å². The lowest BCUT2D eigenvalue weighted by Gasteiger charge is -2.31. The van der Waals surface area contributed by atoms with Gasteiger partial charge in [-0.2, -0.15) is 9.40 Å². The highest BCUT2D eigenvalue weighted by Gasteiger charge is 2.28. The van der Waals surface area contributed by atoms with Crippen LogP contribution in [0.1, 0.15) is 25.0 Å². The molecule has 9 nitrogen and oxygen atoms in total. The molecule has 0 saturated carbocycles. The molecule has 2 aliphatic heterocycles. The highest BCUT2D eigenvalue weighted by Crippen LogP contribution is 2.20. The van der Waals surface area contributed by atoms with Crippen LogP contribution in [0, 0.1) is 0 Å². The zero-order valence-electron chi connectivity index (χ0n) is 16.4. The molecule has 0 bridgehead atoms. The number of hydrogen-bond donors (Lipinski definition) is 1. The largest absolute Gasteiger partial charge is 0.365 e. The van der Waals surface area contributed by atoms with Crippen LogP contribution in [-0.4, -0.2) is 76.6 Å². The average Bonchev–Trinajstić information content (AvgIpc) is 3.11. The van der Waals surface area contributed by atoms with E-state index in [0.29, 0.717) is 18.9 Å². The van der Waals surface area contributed by atoms with Crippen LogP contribution in [0.5, 0.6) is 0 Å². The zero-order valence-corrected chi connectivity index (χ0v) is 17.2. The molecule has 1 saturated heterocycles. The molecule has 0 spiro atoms. The minimum Gasteiger partial charge on any atom is -0.365 e. The van der Waals surface area contributed by atoms with Crippen molar-refractivity contribution < 1.29 is 8.42 Å². The molecule has 0 aliphatic carbocycles. The Morgan fingerprint density at radius 1 is 1.21 bits per heavy atom. The Hall–Kier alpha value is -2.04. The first kappa shape index (κ1) is 19.3. The van der Waals surface area contributed by atoms with Crippen molar-refractivity contribution in [2.24, 2.45) is 0 Å². The van der Waals surface area contributed by atoms with E-state index in [9.17, 15) is 8.42 Å². The van der Waals surface area contributed by atoms with Gasteiger partial charge in [0.25, 0.3) is 0 Å². The maximum Gasteiger partial charge on any atom is 0.244 e. The number of rotatable bonds is 5. The predicted molar refractivity (Wildman–Crippen MR) is 106 cm³/mol. The van der Waals surface area contributed by atoms with Gasteiger partial charge in [-0.3, -0.25) is 0 Å². The van der Waals surface area contributed by atoms with Crippen molar-refractivity contribution in [1.29, 1.82) is 0 Å². The Morgan fingerprint density at radius 2 is 2.00 bits per heavy atom. The molecule has 1 N–H and O–H groups in total. The zero-order chi connectivity index (χ0) is 19.7. The summed E-state index contributed by atoms with van der Waals surface area (Å²) < 4.78 is 29.1. The van der Waals surface area contributed by atoms with Gasteiger partial charge in [0.05, 0.1) is 6.54 Å². The van der Waals surface area contributed by atoms with Gasteiger partial charge in [0.15, 0.2) is 5.82 Å². The van der Waals surface area contributed by atoms with Gasteiger partial charge in [0.2, 0.25) is 10.0 Å². The molecule has 1 unspecified atom stereocenters. The van der Waals surface area contributed by atoms with Crippen molar-refractivity contribution >= 4 is 15.8 Å². The lowest BCUT2D eigenvalue weighted by molar-refractivity contribution is 0.222. The third kappa shape index (κ3) is 3.89. The summed E-state index contributed by atoms with van der Waals surface area (Å²) in [5.41, 5.74) is 0. The van der Waals surface area contributed by atoms with E-state index in [1.165, 1.54) is 10.5 Å². The number of sulfonamides is 1. The second kappa shape index (κ2) is 7.76.